The van der Waals surface area contributed by atoms with Crippen molar-refractivity contribution in [1.82, 2.24) is 4.90 Å². The number of benzene rings is 1. The van der Waals surface area contributed by atoms with Crippen molar-refractivity contribution in [1.29, 1.82) is 0 Å². The summed E-state index contributed by atoms with van der Waals surface area (Å²) in [5, 5.41) is 15.1. The van der Waals surface area contributed by atoms with Crippen molar-refractivity contribution in [2.75, 3.05) is 27.0 Å². The molecule has 186 valence electrons. The molecule has 1 atom stereocenters. The molecule has 11 heteroatoms. The first kappa shape index (κ1) is 26.1. The highest BCUT2D eigenvalue weighted by molar-refractivity contribution is 7.93. The molecular weight excluding hydrogens is 482 g/mol. The number of aliphatic hydroxyl groups is 1. The molecule has 1 aromatic carbocycles. The molecule has 2 aliphatic rings. The highest BCUT2D eigenvalue weighted by Gasteiger charge is 2.48. The van der Waals surface area contributed by atoms with E-state index in [0.29, 0.717) is 28.8 Å². The maximum Gasteiger partial charge on any atom is 0.237 e. The molecule has 1 aliphatic heterocycles. The number of hydrogen-bond donors (Lipinski definition) is 2. The molecule has 1 aliphatic carbocycles. The number of nitrogens with two attached hydrogens (primary N) is 1. The van der Waals surface area contributed by atoms with E-state index in [4.69, 9.17) is 31.0 Å². The van der Waals surface area contributed by atoms with Gasteiger partial charge in [-0.1, -0.05) is 44.5 Å². The standard InChI is InChI=1S/C23H30ClN3O6S/c1-22(2,3)23(9-7-17(8-10-23)34(25,29)30)27-15-26-14-20(21(27)32-12-11-28)33-19-13-16(31-4)5-6-18(19)24/h5-9,13-14,28H,10-12,15H2,1-4H3,(H2,25,29,30). The molecule has 34 heavy (non-hydrogen) atoms. The zero-order chi connectivity index (χ0) is 25.1. The Bertz CT molecular complexity index is 1150. The third-order valence-corrected chi connectivity index (χ3v) is 7.09. The number of sulfonamides is 1. The van der Waals surface area contributed by atoms with Crippen LogP contribution in [-0.2, 0) is 14.8 Å². The van der Waals surface area contributed by atoms with Crippen LogP contribution in [-0.4, -0.2) is 57.2 Å². The molecule has 9 nitrogen and oxygen atoms in total. The summed E-state index contributed by atoms with van der Waals surface area (Å²) in [5.74, 6) is 1.53. The average Bonchev–Trinajstić information content (AvgIpc) is 2.78. The van der Waals surface area contributed by atoms with Crippen LogP contribution in [0.5, 0.6) is 11.5 Å². The Balaban J connectivity index is 2.10. The highest BCUT2D eigenvalue weighted by Crippen LogP contribution is 2.46. The normalized spacial score (nSPS) is 20.9. The minimum absolute atomic E-state index is 0.0145. The Morgan fingerprint density at radius 2 is 2.06 bits per heavy atom. The minimum Gasteiger partial charge on any atom is -0.497 e. The van der Waals surface area contributed by atoms with Crippen LogP contribution in [0.4, 0.5) is 0 Å². The first-order valence-electron chi connectivity index (χ1n) is 10.6. The smallest absolute Gasteiger partial charge is 0.237 e. The summed E-state index contributed by atoms with van der Waals surface area (Å²) in [6.07, 6.45) is 6.78. The molecule has 3 rings (SSSR count). The number of hydrogen-bond acceptors (Lipinski definition) is 8. The predicted molar refractivity (Wildman–Crippen MR) is 131 cm³/mol. The molecule has 0 saturated carbocycles. The van der Waals surface area contributed by atoms with Crippen LogP contribution in [0.25, 0.3) is 0 Å². The summed E-state index contributed by atoms with van der Waals surface area (Å²) < 4.78 is 41.1. The van der Waals surface area contributed by atoms with Gasteiger partial charge in [-0.2, -0.15) is 0 Å². The molecule has 0 saturated heterocycles. The summed E-state index contributed by atoms with van der Waals surface area (Å²) in [4.78, 5) is 6.42. The Hall–Kier alpha value is -2.53. The van der Waals surface area contributed by atoms with E-state index in [0.717, 1.165) is 0 Å². The van der Waals surface area contributed by atoms with Gasteiger partial charge in [0.15, 0.2) is 0 Å². The van der Waals surface area contributed by atoms with Gasteiger partial charge in [0.1, 0.15) is 24.8 Å². The first-order chi connectivity index (χ1) is 15.9. The van der Waals surface area contributed by atoms with E-state index < -0.39 is 21.0 Å². The van der Waals surface area contributed by atoms with Crippen molar-refractivity contribution < 1.29 is 27.7 Å². The summed E-state index contributed by atoms with van der Waals surface area (Å²) >= 11 is 6.34. The van der Waals surface area contributed by atoms with Gasteiger partial charge in [0, 0.05) is 6.07 Å². The van der Waals surface area contributed by atoms with Gasteiger partial charge in [-0.15, -0.1) is 0 Å². The number of aliphatic hydroxyl groups excluding tert-OH is 1. The van der Waals surface area contributed by atoms with Crippen LogP contribution in [0.15, 0.2) is 58.0 Å². The number of methoxy groups -OCH3 is 1. The Kier molecular flexibility index (Phi) is 7.66. The number of aliphatic imine (C=N–C) groups is 1. The summed E-state index contributed by atoms with van der Waals surface area (Å²) in [7, 11) is -2.30. The van der Waals surface area contributed by atoms with Crippen LogP contribution < -0.4 is 14.6 Å². The van der Waals surface area contributed by atoms with Crippen molar-refractivity contribution >= 4 is 27.8 Å². The second kappa shape index (κ2) is 9.99. The van der Waals surface area contributed by atoms with Gasteiger partial charge < -0.3 is 24.2 Å². The topological polar surface area (TPSA) is 124 Å². The Morgan fingerprint density at radius 1 is 1.32 bits per heavy atom. The van der Waals surface area contributed by atoms with Gasteiger partial charge in [0.2, 0.25) is 21.7 Å². The molecule has 1 unspecified atom stereocenters. The maximum absolute atomic E-state index is 11.9. The molecule has 1 aromatic rings. The Labute approximate surface area is 205 Å². The number of ether oxygens (including phenoxy) is 3. The largest absolute Gasteiger partial charge is 0.497 e. The fourth-order valence-electron chi connectivity index (χ4n) is 3.92. The van der Waals surface area contributed by atoms with Crippen molar-refractivity contribution in [3.63, 3.8) is 0 Å². The molecule has 0 spiro atoms. The fraction of sp³-hybridized carbons (Fsp3) is 0.435. The lowest BCUT2D eigenvalue weighted by Gasteiger charge is -2.52. The van der Waals surface area contributed by atoms with E-state index in [-0.39, 0.29) is 30.5 Å². The third kappa shape index (κ3) is 5.25. The van der Waals surface area contributed by atoms with Gasteiger partial charge in [0.25, 0.3) is 0 Å². The Morgan fingerprint density at radius 3 is 2.62 bits per heavy atom. The monoisotopic (exact) mass is 511 g/mol. The van der Waals surface area contributed by atoms with Crippen molar-refractivity contribution in [3.05, 3.63) is 58.0 Å². The zero-order valence-electron chi connectivity index (χ0n) is 19.6. The SMILES string of the molecule is COc1ccc(Cl)c(OC2=C(OCCO)N(C3(C(C)(C)C)C=CC(S(N)(=O)=O)=CC3)CN=C2)c1. The predicted octanol–water partition coefficient (Wildman–Crippen LogP) is 3.17. The van der Waals surface area contributed by atoms with Crippen molar-refractivity contribution in [2.24, 2.45) is 15.5 Å². The number of rotatable bonds is 8. The lowest BCUT2D eigenvalue weighted by molar-refractivity contribution is -0.0134. The van der Waals surface area contributed by atoms with Crippen molar-refractivity contribution in [3.8, 4) is 11.5 Å². The molecular formula is C23H30ClN3O6S. The van der Waals surface area contributed by atoms with Crippen molar-refractivity contribution in [2.45, 2.75) is 32.7 Å². The van der Waals surface area contributed by atoms with Crippen LogP contribution in [0, 0.1) is 5.41 Å². The van der Waals surface area contributed by atoms with Crippen LogP contribution in [0.2, 0.25) is 5.02 Å². The molecule has 0 fully saturated rings. The number of nitrogens with zero attached hydrogens (tertiary/aromatic N) is 2. The van der Waals surface area contributed by atoms with E-state index >= 15 is 0 Å². The number of primary sulfonamides is 1. The summed E-state index contributed by atoms with van der Waals surface area (Å²) in [5.41, 5.74) is -1.14. The fourth-order valence-corrected chi connectivity index (χ4v) is 4.65. The van der Waals surface area contributed by atoms with Gasteiger partial charge >= 0.3 is 0 Å². The second-order valence-electron chi connectivity index (χ2n) is 8.88. The van der Waals surface area contributed by atoms with E-state index in [2.05, 4.69) is 4.99 Å². The quantitative estimate of drug-likeness (QED) is 0.549. The molecule has 0 bridgehead atoms. The van der Waals surface area contributed by atoms with E-state index in [1.54, 1.807) is 24.3 Å². The third-order valence-electron chi connectivity index (χ3n) is 5.82. The van der Waals surface area contributed by atoms with E-state index in [9.17, 15) is 13.5 Å². The van der Waals surface area contributed by atoms with E-state index in [1.165, 1.54) is 19.4 Å². The lowest BCUT2D eigenvalue weighted by atomic mass is 9.69. The number of allylic oxidation sites excluding steroid dienone is 2. The van der Waals surface area contributed by atoms with Crippen LogP contribution >= 0.6 is 11.6 Å². The molecule has 3 N–H and O–H groups in total. The zero-order valence-corrected chi connectivity index (χ0v) is 21.2. The van der Waals surface area contributed by atoms with Gasteiger partial charge in [-0.25, -0.2) is 13.6 Å². The molecule has 0 radical (unpaired) electrons. The van der Waals surface area contributed by atoms with Crippen LogP contribution in [0.3, 0.4) is 0 Å². The first-order valence-corrected chi connectivity index (χ1v) is 12.5. The molecule has 0 amide bonds. The highest BCUT2D eigenvalue weighted by atomic mass is 35.5. The molecule has 0 aromatic heterocycles. The lowest BCUT2D eigenvalue weighted by Crippen LogP contribution is -2.57. The van der Waals surface area contributed by atoms with Gasteiger partial charge in [-0.05, 0) is 30.0 Å². The van der Waals surface area contributed by atoms with Gasteiger partial charge in [-0.3, -0.25) is 4.99 Å². The summed E-state index contributed by atoms with van der Waals surface area (Å²) in [6, 6.07) is 5.01. The molecule has 1 heterocycles. The second-order valence-corrected chi connectivity index (χ2v) is 10.9. The summed E-state index contributed by atoms with van der Waals surface area (Å²) in [6.45, 7) is 6.13. The maximum atomic E-state index is 11.9. The average molecular weight is 512 g/mol. The van der Waals surface area contributed by atoms with Crippen LogP contribution in [0.1, 0.15) is 27.2 Å². The number of halogens is 1. The van der Waals surface area contributed by atoms with Gasteiger partial charge in [0.05, 0.1) is 35.4 Å². The minimum atomic E-state index is -3.84. The van der Waals surface area contributed by atoms with E-state index in [1.807, 2.05) is 31.7 Å².